The largest absolute Gasteiger partial charge is 0.344 e. The molecule has 7 heteroatoms. The van der Waals surface area contributed by atoms with Crippen LogP contribution in [0.15, 0.2) is 18.2 Å². The van der Waals surface area contributed by atoms with E-state index in [1.165, 1.54) is 12.1 Å². The number of carbonyl (C=O) groups excluding carboxylic acids is 2. The number of halogens is 2. The van der Waals surface area contributed by atoms with Crippen molar-refractivity contribution in [1.29, 1.82) is 0 Å². The van der Waals surface area contributed by atoms with Crippen LogP contribution in [0, 0.1) is 11.6 Å². The fourth-order valence-electron chi connectivity index (χ4n) is 2.83. The third-order valence-electron chi connectivity index (χ3n) is 4.20. The molecule has 1 saturated carbocycles. The lowest BCUT2D eigenvalue weighted by Crippen LogP contribution is -2.46. The fraction of sp³-hybridized carbons (Fsp3) is 0.467. The van der Waals surface area contributed by atoms with E-state index in [2.05, 4.69) is 10.6 Å². The van der Waals surface area contributed by atoms with Gasteiger partial charge in [-0.1, -0.05) is 6.07 Å². The Bertz CT molecular complexity index is 623. The van der Waals surface area contributed by atoms with Gasteiger partial charge in [0.15, 0.2) is 0 Å². The molecule has 3 amide bonds. The first-order valence-electron chi connectivity index (χ1n) is 7.22. The highest BCUT2D eigenvalue weighted by Gasteiger charge is 2.41. The third kappa shape index (κ3) is 2.88. The molecule has 118 valence electrons. The molecule has 0 radical (unpaired) electrons. The fourth-order valence-corrected chi connectivity index (χ4v) is 2.83. The smallest absolute Gasteiger partial charge is 0.315 e. The Morgan fingerprint density at radius 3 is 2.73 bits per heavy atom. The van der Waals surface area contributed by atoms with Crippen LogP contribution in [0.4, 0.5) is 13.6 Å². The summed E-state index contributed by atoms with van der Waals surface area (Å²) in [6.07, 6.45) is 1.19. The summed E-state index contributed by atoms with van der Waals surface area (Å²) in [5.41, 5.74) is 0.406. The minimum atomic E-state index is -0.618. The molecule has 1 aromatic rings. The topological polar surface area (TPSA) is 61.4 Å². The van der Waals surface area contributed by atoms with Gasteiger partial charge in [-0.15, -0.1) is 0 Å². The van der Waals surface area contributed by atoms with Gasteiger partial charge in [0, 0.05) is 31.6 Å². The van der Waals surface area contributed by atoms with Gasteiger partial charge in [0.2, 0.25) is 5.91 Å². The van der Waals surface area contributed by atoms with Crippen molar-refractivity contribution in [2.24, 2.45) is 0 Å². The number of carbonyl (C=O) groups is 2. The Morgan fingerprint density at radius 2 is 2.09 bits per heavy atom. The Kier molecular flexibility index (Phi) is 3.72. The molecular weight excluding hydrogens is 292 g/mol. The number of nitrogens with one attached hydrogen (secondary N) is 2. The van der Waals surface area contributed by atoms with Gasteiger partial charge in [0.25, 0.3) is 0 Å². The van der Waals surface area contributed by atoms with Gasteiger partial charge in [-0.2, -0.15) is 0 Å². The molecule has 2 fully saturated rings. The first kappa shape index (κ1) is 14.7. The van der Waals surface area contributed by atoms with Gasteiger partial charge < -0.3 is 15.5 Å². The third-order valence-corrected chi connectivity index (χ3v) is 4.20. The van der Waals surface area contributed by atoms with Crippen LogP contribution in [-0.4, -0.2) is 42.5 Å². The average Bonchev–Trinajstić information content (AvgIpc) is 3.13. The van der Waals surface area contributed by atoms with E-state index in [9.17, 15) is 18.4 Å². The molecule has 1 aromatic carbocycles. The molecule has 1 aliphatic heterocycles. The molecule has 0 bridgehead atoms. The average molecular weight is 309 g/mol. The summed E-state index contributed by atoms with van der Waals surface area (Å²) < 4.78 is 26.5. The number of nitrogens with zero attached hydrogens (tertiary/aromatic N) is 1. The van der Waals surface area contributed by atoms with Crippen LogP contribution in [0.3, 0.4) is 0 Å². The summed E-state index contributed by atoms with van der Waals surface area (Å²) in [4.78, 5) is 25.1. The van der Waals surface area contributed by atoms with E-state index < -0.39 is 23.7 Å². The highest BCUT2D eigenvalue weighted by atomic mass is 19.1. The van der Waals surface area contributed by atoms with Crippen molar-refractivity contribution in [3.63, 3.8) is 0 Å². The molecule has 1 heterocycles. The molecular formula is C15H17F2N3O2. The molecule has 1 aliphatic carbocycles. The van der Waals surface area contributed by atoms with E-state index in [4.69, 9.17) is 0 Å². The normalized spacial score (nSPS) is 27.0. The van der Waals surface area contributed by atoms with Crippen molar-refractivity contribution in [2.45, 2.75) is 30.8 Å². The zero-order valence-electron chi connectivity index (χ0n) is 12.1. The number of likely N-dealkylation sites (tertiary alicyclic amines) is 1. The predicted molar refractivity (Wildman–Crippen MR) is 75.2 cm³/mol. The molecule has 3 atom stereocenters. The zero-order valence-corrected chi connectivity index (χ0v) is 12.1. The standard InChI is InChI=1S/C15H17F2N3O2/c1-20-5-4-12(14(20)21)18-15(22)19-13-7-10(13)9-3-2-8(16)6-11(9)17/h2-3,6,10,12-13H,4-5,7H2,1H3,(H2,18,19,22). The van der Waals surface area contributed by atoms with Gasteiger partial charge in [-0.05, 0) is 24.5 Å². The van der Waals surface area contributed by atoms with Crippen LogP contribution in [0.1, 0.15) is 24.3 Å². The summed E-state index contributed by atoms with van der Waals surface area (Å²) in [6, 6.07) is 2.35. The van der Waals surface area contributed by atoms with Crippen molar-refractivity contribution < 1.29 is 18.4 Å². The van der Waals surface area contributed by atoms with Gasteiger partial charge in [0.05, 0.1) is 0 Å². The number of hydrogen-bond acceptors (Lipinski definition) is 2. The first-order chi connectivity index (χ1) is 10.5. The molecule has 2 aliphatic rings. The lowest BCUT2D eigenvalue weighted by atomic mass is 10.1. The van der Waals surface area contributed by atoms with E-state index in [1.54, 1.807) is 11.9 Å². The first-order valence-corrected chi connectivity index (χ1v) is 7.22. The summed E-state index contributed by atoms with van der Waals surface area (Å²) in [7, 11) is 1.69. The van der Waals surface area contributed by atoms with Gasteiger partial charge in [0.1, 0.15) is 17.7 Å². The molecule has 2 N–H and O–H groups in total. The maximum atomic E-state index is 13.7. The summed E-state index contributed by atoms with van der Waals surface area (Å²) in [5, 5.41) is 5.36. The van der Waals surface area contributed by atoms with E-state index >= 15 is 0 Å². The molecule has 0 spiro atoms. The minimum absolute atomic E-state index is 0.105. The number of amides is 3. The van der Waals surface area contributed by atoms with Crippen LogP contribution in [0.2, 0.25) is 0 Å². The van der Waals surface area contributed by atoms with Crippen molar-refractivity contribution in [2.75, 3.05) is 13.6 Å². The SMILES string of the molecule is CN1CCC(NC(=O)NC2CC2c2ccc(F)cc2F)C1=O. The lowest BCUT2D eigenvalue weighted by molar-refractivity contribution is -0.128. The van der Waals surface area contributed by atoms with E-state index in [-0.39, 0.29) is 17.9 Å². The van der Waals surface area contributed by atoms with E-state index in [0.29, 0.717) is 24.9 Å². The monoisotopic (exact) mass is 309 g/mol. The number of hydrogen-bond donors (Lipinski definition) is 2. The highest BCUT2D eigenvalue weighted by Crippen LogP contribution is 2.41. The molecule has 1 saturated heterocycles. The molecule has 22 heavy (non-hydrogen) atoms. The van der Waals surface area contributed by atoms with Gasteiger partial charge in [-0.25, -0.2) is 13.6 Å². The van der Waals surface area contributed by atoms with Gasteiger partial charge >= 0.3 is 6.03 Å². The van der Waals surface area contributed by atoms with Crippen LogP contribution in [0.5, 0.6) is 0 Å². The lowest BCUT2D eigenvalue weighted by Gasteiger charge is -2.13. The zero-order chi connectivity index (χ0) is 15.9. The van der Waals surface area contributed by atoms with E-state index in [1.807, 2.05) is 0 Å². The second-order valence-corrected chi connectivity index (χ2v) is 5.83. The van der Waals surface area contributed by atoms with Crippen molar-refractivity contribution in [3.8, 4) is 0 Å². The molecule has 0 aromatic heterocycles. The summed E-state index contributed by atoms with van der Waals surface area (Å²) in [5.74, 6) is -1.46. The number of urea groups is 1. The van der Waals surface area contributed by atoms with E-state index in [0.717, 1.165) is 6.07 Å². The maximum Gasteiger partial charge on any atom is 0.315 e. The quantitative estimate of drug-likeness (QED) is 0.885. The van der Waals surface area contributed by atoms with Crippen molar-refractivity contribution in [3.05, 3.63) is 35.4 Å². The Balaban J connectivity index is 1.53. The second-order valence-electron chi connectivity index (χ2n) is 5.83. The van der Waals surface area contributed by atoms with Crippen LogP contribution in [-0.2, 0) is 4.79 Å². The number of benzene rings is 1. The highest BCUT2D eigenvalue weighted by molar-refractivity contribution is 5.88. The van der Waals surface area contributed by atoms with Crippen LogP contribution < -0.4 is 10.6 Å². The predicted octanol–water partition coefficient (Wildman–Crippen LogP) is 1.35. The molecule has 3 rings (SSSR count). The van der Waals surface area contributed by atoms with Crippen molar-refractivity contribution in [1.82, 2.24) is 15.5 Å². The minimum Gasteiger partial charge on any atom is -0.344 e. The Labute approximate surface area is 126 Å². The summed E-state index contributed by atoms with van der Waals surface area (Å²) in [6.45, 7) is 0.622. The van der Waals surface area contributed by atoms with Gasteiger partial charge in [-0.3, -0.25) is 4.79 Å². The van der Waals surface area contributed by atoms with Crippen LogP contribution >= 0.6 is 0 Å². The number of rotatable bonds is 3. The second kappa shape index (κ2) is 5.55. The molecule has 5 nitrogen and oxygen atoms in total. The number of likely N-dealkylation sites (N-methyl/N-ethyl adjacent to an activating group) is 1. The summed E-state index contributed by atoms with van der Waals surface area (Å²) >= 11 is 0. The maximum absolute atomic E-state index is 13.7. The van der Waals surface area contributed by atoms with Crippen molar-refractivity contribution >= 4 is 11.9 Å². The Morgan fingerprint density at radius 1 is 1.32 bits per heavy atom. The Hall–Kier alpha value is -2.18. The van der Waals surface area contributed by atoms with Crippen LogP contribution in [0.25, 0.3) is 0 Å². The molecule has 3 unspecified atom stereocenters.